The molecule has 26 heavy (non-hydrogen) atoms. The fourth-order valence-corrected chi connectivity index (χ4v) is 3.36. The van der Waals surface area contributed by atoms with Crippen LogP contribution in [-0.4, -0.2) is 14.5 Å². The maximum absolute atomic E-state index is 12.4. The summed E-state index contributed by atoms with van der Waals surface area (Å²) in [6.45, 7) is 4.71. The van der Waals surface area contributed by atoms with Crippen molar-refractivity contribution < 1.29 is 0 Å². The monoisotopic (exact) mass is 342 g/mol. The molecular formula is C21H18N4O. The summed E-state index contributed by atoms with van der Waals surface area (Å²) in [7, 11) is 0. The highest BCUT2D eigenvalue weighted by atomic mass is 16.1. The smallest absolute Gasteiger partial charge is 0.274 e. The number of nitrogens with zero attached hydrogens (tertiary/aromatic N) is 3. The minimum Gasteiger partial charge on any atom is -0.327 e. The molecule has 0 spiro atoms. The Morgan fingerprint density at radius 2 is 1.96 bits per heavy atom. The molecule has 5 heteroatoms. The van der Waals surface area contributed by atoms with Crippen LogP contribution in [0.4, 0.5) is 0 Å². The second-order valence-electron chi connectivity index (χ2n) is 6.76. The minimum absolute atomic E-state index is 0.130. The van der Waals surface area contributed by atoms with Crippen LogP contribution >= 0.6 is 0 Å². The van der Waals surface area contributed by atoms with Crippen LogP contribution < -0.4 is 5.56 Å². The first-order valence-electron chi connectivity index (χ1n) is 8.57. The summed E-state index contributed by atoms with van der Waals surface area (Å²) in [4.78, 5) is 19.8. The zero-order valence-corrected chi connectivity index (χ0v) is 14.7. The highest BCUT2D eigenvalue weighted by Crippen LogP contribution is 2.23. The molecule has 2 aromatic heterocycles. The van der Waals surface area contributed by atoms with Crippen LogP contribution in [0.5, 0.6) is 0 Å². The molecule has 4 aromatic rings. The molecule has 0 bridgehead atoms. The fraction of sp³-hybridized carbons (Fsp3) is 0.190. The van der Waals surface area contributed by atoms with Gasteiger partial charge in [0.25, 0.3) is 5.56 Å². The number of hydrogen-bond acceptors (Lipinski definition) is 3. The van der Waals surface area contributed by atoms with Crippen LogP contribution in [0.25, 0.3) is 21.8 Å². The summed E-state index contributed by atoms with van der Waals surface area (Å²) < 4.78 is 1.99. The molecule has 0 atom stereocenters. The fourth-order valence-electron chi connectivity index (χ4n) is 3.36. The number of nitrogens with one attached hydrogen (secondary N) is 1. The molecule has 0 saturated heterocycles. The van der Waals surface area contributed by atoms with Crippen molar-refractivity contribution in [1.82, 2.24) is 14.5 Å². The number of benzene rings is 2. The van der Waals surface area contributed by atoms with Gasteiger partial charge in [0.2, 0.25) is 0 Å². The third-order valence-electron chi connectivity index (χ3n) is 4.59. The van der Waals surface area contributed by atoms with Crippen molar-refractivity contribution in [3.8, 4) is 6.07 Å². The Morgan fingerprint density at radius 3 is 2.73 bits per heavy atom. The van der Waals surface area contributed by atoms with Crippen molar-refractivity contribution in [3.05, 3.63) is 76.0 Å². The number of hydrogen-bond donors (Lipinski definition) is 1. The molecule has 1 N–H and O–H groups in total. The van der Waals surface area contributed by atoms with Crippen LogP contribution in [-0.2, 0) is 6.54 Å². The number of H-pyrrole nitrogens is 1. The van der Waals surface area contributed by atoms with Gasteiger partial charge in [0.05, 0.1) is 17.1 Å². The molecule has 0 radical (unpaired) electrons. The number of pyridine rings is 1. The number of aromatic nitrogens is 3. The lowest BCUT2D eigenvalue weighted by Crippen LogP contribution is -2.13. The van der Waals surface area contributed by atoms with Gasteiger partial charge in [-0.3, -0.25) is 4.79 Å². The molecule has 128 valence electrons. The summed E-state index contributed by atoms with van der Waals surface area (Å²) in [5.41, 5.74) is 2.89. The lowest BCUT2D eigenvalue weighted by Gasteiger charge is -2.12. The topological polar surface area (TPSA) is 74.5 Å². The van der Waals surface area contributed by atoms with Gasteiger partial charge in [-0.25, -0.2) is 4.98 Å². The molecular weight excluding hydrogens is 324 g/mol. The first-order chi connectivity index (χ1) is 12.6. The molecule has 0 fully saturated rings. The van der Waals surface area contributed by atoms with Crippen molar-refractivity contribution in [2.75, 3.05) is 0 Å². The summed E-state index contributed by atoms with van der Waals surface area (Å²) in [5.74, 6) is 1.09. The van der Waals surface area contributed by atoms with E-state index in [-0.39, 0.29) is 11.5 Å². The van der Waals surface area contributed by atoms with E-state index in [1.165, 1.54) is 0 Å². The third kappa shape index (κ3) is 2.66. The molecule has 0 aliphatic rings. The molecule has 2 heterocycles. The van der Waals surface area contributed by atoms with Crippen molar-refractivity contribution >= 4 is 21.8 Å². The van der Waals surface area contributed by atoms with Crippen LogP contribution in [0.3, 0.4) is 0 Å². The van der Waals surface area contributed by atoms with Gasteiger partial charge in [-0.15, -0.1) is 0 Å². The predicted octanol–water partition coefficient (Wildman–Crippen LogP) is 3.92. The number of imidazole rings is 1. The van der Waals surface area contributed by atoms with Gasteiger partial charge in [-0.2, -0.15) is 5.26 Å². The standard InChI is InChI=1S/C21H18N4O/c1-13(2)20-24-18-7-8-23-21(26)19(18)25(20)12-15-4-6-16-5-3-14(11-22)9-17(16)10-15/h3-10,13H,12H2,1-2H3,(H,23,26). The summed E-state index contributed by atoms with van der Waals surface area (Å²) in [5, 5.41) is 11.2. The highest BCUT2D eigenvalue weighted by molar-refractivity contribution is 5.84. The van der Waals surface area contributed by atoms with Gasteiger partial charge in [0, 0.05) is 18.7 Å². The lowest BCUT2D eigenvalue weighted by molar-refractivity contribution is 0.682. The molecule has 0 amide bonds. The van der Waals surface area contributed by atoms with E-state index < -0.39 is 0 Å². The second kappa shape index (κ2) is 6.16. The van der Waals surface area contributed by atoms with Crippen LogP contribution in [0.2, 0.25) is 0 Å². The average Bonchev–Trinajstić information content (AvgIpc) is 3.01. The Balaban J connectivity index is 1.87. The maximum atomic E-state index is 12.4. The maximum Gasteiger partial charge on any atom is 0.274 e. The number of fused-ring (bicyclic) bond motifs is 2. The molecule has 0 aliphatic carbocycles. The summed E-state index contributed by atoms with van der Waals surface area (Å²) in [6, 6.07) is 15.9. The van der Waals surface area contributed by atoms with Crippen molar-refractivity contribution in [2.24, 2.45) is 0 Å². The van der Waals surface area contributed by atoms with E-state index in [0.29, 0.717) is 23.1 Å². The van der Waals surface area contributed by atoms with Crippen molar-refractivity contribution in [2.45, 2.75) is 26.3 Å². The van der Waals surface area contributed by atoms with E-state index in [2.05, 4.69) is 42.0 Å². The first kappa shape index (κ1) is 16.1. The Kier molecular flexibility index (Phi) is 3.81. The van der Waals surface area contributed by atoms with Gasteiger partial charge in [-0.05, 0) is 40.6 Å². The lowest BCUT2D eigenvalue weighted by atomic mass is 10.0. The number of aromatic amines is 1. The van der Waals surface area contributed by atoms with Crippen molar-refractivity contribution in [3.63, 3.8) is 0 Å². The predicted molar refractivity (Wildman–Crippen MR) is 102 cm³/mol. The first-order valence-corrected chi connectivity index (χ1v) is 8.57. The van der Waals surface area contributed by atoms with Crippen LogP contribution in [0, 0.1) is 11.3 Å². The van der Waals surface area contributed by atoms with E-state index in [0.717, 1.165) is 22.2 Å². The van der Waals surface area contributed by atoms with Crippen molar-refractivity contribution in [1.29, 1.82) is 5.26 Å². The summed E-state index contributed by atoms with van der Waals surface area (Å²) >= 11 is 0. The number of nitriles is 1. The van der Waals surface area contributed by atoms with E-state index in [1.54, 1.807) is 6.20 Å². The normalized spacial score (nSPS) is 11.3. The second-order valence-corrected chi connectivity index (χ2v) is 6.76. The van der Waals surface area contributed by atoms with Gasteiger partial charge in [0.15, 0.2) is 0 Å². The SMILES string of the molecule is CC(C)c1nc2cc[nH]c(=O)c2n1Cc1ccc2ccc(C#N)cc2c1. The van der Waals surface area contributed by atoms with Gasteiger partial charge < -0.3 is 9.55 Å². The largest absolute Gasteiger partial charge is 0.327 e. The van der Waals surface area contributed by atoms with Crippen LogP contribution in [0.1, 0.15) is 36.7 Å². The number of rotatable bonds is 3. The Bertz CT molecular complexity index is 1220. The Hall–Kier alpha value is -3.39. The quantitative estimate of drug-likeness (QED) is 0.613. The molecule has 2 aromatic carbocycles. The van der Waals surface area contributed by atoms with E-state index >= 15 is 0 Å². The molecule has 5 nitrogen and oxygen atoms in total. The van der Waals surface area contributed by atoms with Gasteiger partial charge >= 0.3 is 0 Å². The Labute approximate surface area is 150 Å². The molecule has 0 unspecified atom stereocenters. The van der Waals surface area contributed by atoms with E-state index in [4.69, 9.17) is 5.26 Å². The summed E-state index contributed by atoms with van der Waals surface area (Å²) in [6.07, 6.45) is 1.63. The highest BCUT2D eigenvalue weighted by Gasteiger charge is 2.16. The molecule has 4 rings (SSSR count). The third-order valence-corrected chi connectivity index (χ3v) is 4.59. The Morgan fingerprint density at radius 1 is 1.15 bits per heavy atom. The molecule has 0 saturated carbocycles. The van der Waals surface area contributed by atoms with E-state index in [1.807, 2.05) is 34.9 Å². The minimum atomic E-state index is -0.130. The van der Waals surface area contributed by atoms with Gasteiger partial charge in [0.1, 0.15) is 11.3 Å². The van der Waals surface area contributed by atoms with Crippen LogP contribution in [0.15, 0.2) is 53.5 Å². The molecule has 0 aliphatic heterocycles. The zero-order valence-electron chi connectivity index (χ0n) is 14.7. The zero-order chi connectivity index (χ0) is 18.3. The van der Waals surface area contributed by atoms with Gasteiger partial charge in [-0.1, -0.05) is 32.0 Å². The van der Waals surface area contributed by atoms with E-state index in [9.17, 15) is 4.79 Å². The average molecular weight is 342 g/mol.